The van der Waals surface area contributed by atoms with Gasteiger partial charge in [0.15, 0.2) is 0 Å². The van der Waals surface area contributed by atoms with Crippen LogP contribution in [0.3, 0.4) is 0 Å². The number of para-hydroxylation sites is 1. The maximum absolute atomic E-state index is 12.5. The van der Waals surface area contributed by atoms with E-state index in [-0.39, 0.29) is 11.9 Å². The van der Waals surface area contributed by atoms with Gasteiger partial charge in [-0.1, -0.05) is 28.1 Å². The molecular formula is C19H20BrN3O2. The van der Waals surface area contributed by atoms with Gasteiger partial charge in [0, 0.05) is 16.6 Å². The molecule has 1 amide bonds. The van der Waals surface area contributed by atoms with E-state index in [0.29, 0.717) is 17.8 Å². The molecule has 5 nitrogen and oxygen atoms in total. The van der Waals surface area contributed by atoms with Crippen LogP contribution < -0.4 is 10.1 Å². The molecule has 0 aliphatic rings. The predicted molar refractivity (Wildman–Crippen MR) is 101 cm³/mol. The Hall–Kier alpha value is -2.36. The first-order valence-electron chi connectivity index (χ1n) is 7.79. The van der Waals surface area contributed by atoms with E-state index in [4.69, 9.17) is 10.00 Å². The van der Waals surface area contributed by atoms with Crippen LogP contribution in [0.5, 0.6) is 5.75 Å². The van der Waals surface area contributed by atoms with E-state index < -0.39 is 0 Å². The van der Waals surface area contributed by atoms with Crippen molar-refractivity contribution in [3.05, 3.63) is 58.1 Å². The van der Waals surface area contributed by atoms with Crippen LogP contribution in [0.25, 0.3) is 0 Å². The number of carbonyl (C=O) groups is 1. The van der Waals surface area contributed by atoms with Crippen molar-refractivity contribution in [1.82, 2.24) is 4.90 Å². The first kappa shape index (κ1) is 19.0. The SMILES string of the molecule is COc1ccc(Br)cc1CN(C)[C@@H](C)C(=O)Nc1ccccc1C#N. The van der Waals surface area contributed by atoms with Crippen molar-refractivity contribution in [2.75, 3.05) is 19.5 Å². The number of halogens is 1. The second-order valence-corrected chi connectivity index (χ2v) is 6.61. The van der Waals surface area contributed by atoms with Crippen molar-refractivity contribution >= 4 is 27.5 Å². The standard InChI is InChI=1S/C19H20BrN3O2/c1-13(19(24)22-17-7-5-4-6-14(17)11-21)23(2)12-15-10-16(20)8-9-18(15)25-3/h4-10,13H,12H2,1-3H3,(H,22,24)/t13-/m0/s1. The number of methoxy groups -OCH3 is 1. The van der Waals surface area contributed by atoms with Gasteiger partial charge in [-0.05, 0) is 44.3 Å². The quantitative estimate of drug-likeness (QED) is 0.799. The zero-order chi connectivity index (χ0) is 18.4. The van der Waals surface area contributed by atoms with Crippen molar-refractivity contribution in [2.24, 2.45) is 0 Å². The smallest absolute Gasteiger partial charge is 0.241 e. The molecule has 0 aliphatic carbocycles. The molecule has 1 N–H and O–H groups in total. The number of nitrogens with zero attached hydrogens (tertiary/aromatic N) is 2. The van der Waals surface area contributed by atoms with Crippen LogP contribution in [-0.2, 0) is 11.3 Å². The second-order valence-electron chi connectivity index (χ2n) is 5.69. The number of amides is 1. The molecule has 0 aliphatic heterocycles. The van der Waals surface area contributed by atoms with Crippen molar-refractivity contribution in [1.29, 1.82) is 5.26 Å². The van der Waals surface area contributed by atoms with E-state index in [0.717, 1.165) is 15.8 Å². The number of hydrogen-bond acceptors (Lipinski definition) is 4. The van der Waals surface area contributed by atoms with Crippen LogP contribution in [0.2, 0.25) is 0 Å². The molecule has 0 unspecified atom stereocenters. The van der Waals surface area contributed by atoms with Crippen LogP contribution >= 0.6 is 15.9 Å². The minimum atomic E-state index is -0.379. The molecule has 2 aromatic carbocycles. The molecule has 0 heterocycles. The third kappa shape index (κ3) is 4.81. The number of benzene rings is 2. The zero-order valence-electron chi connectivity index (χ0n) is 14.4. The summed E-state index contributed by atoms with van der Waals surface area (Å²) in [6, 6.07) is 14.4. The highest BCUT2D eigenvalue weighted by Gasteiger charge is 2.20. The highest BCUT2D eigenvalue weighted by atomic mass is 79.9. The number of likely N-dealkylation sites (N-methyl/N-ethyl adjacent to an activating group) is 1. The lowest BCUT2D eigenvalue weighted by Gasteiger charge is -2.25. The lowest BCUT2D eigenvalue weighted by Crippen LogP contribution is -2.39. The van der Waals surface area contributed by atoms with Crippen molar-refractivity contribution in [3.8, 4) is 11.8 Å². The summed E-state index contributed by atoms with van der Waals surface area (Å²) in [5.41, 5.74) is 1.95. The van der Waals surface area contributed by atoms with E-state index >= 15 is 0 Å². The van der Waals surface area contributed by atoms with Gasteiger partial charge in [0.05, 0.1) is 24.4 Å². The summed E-state index contributed by atoms with van der Waals surface area (Å²) in [7, 11) is 3.50. The van der Waals surface area contributed by atoms with Crippen molar-refractivity contribution in [2.45, 2.75) is 19.5 Å². The van der Waals surface area contributed by atoms with E-state index in [1.165, 1.54) is 0 Å². The summed E-state index contributed by atoms with van der Waals surface area (Å²) in [4.78, 5) is 14.5. The number of ether oxygens (including phenoxy) is 1. The van der Waals surface area contributed by atoms with Crippen LogP contribution in [0, 0.1) is 11.3 Å². The molecule has 0 bridgehead atoms. The summed E-state index contributed by atoms with van der Waals surface area (Å²) in [5.74, 6) is 0.608. The second kappa shape index (κ2) is 8.65. The maximum Gasteiger partial charge on any atom is 0.241 e. The molecule has 0 saturated carbocycles. The molecule has 130 valence electrons. The summed E-state index contributed by atoms with van der Waals surface area (Å²) < 4.78 is 6.34. The lowest BCUT2D eigenvalue weighted by atomic mass is 10.1. The third-order valence-electron chi connectivity index (χ3n) is 4.01. The highest BCUT2D eigenvalue weighted by molar-refractivity contribution is 9.10. The molecule has 0 aromatic heterocycles. The molecule has 0 radical (unpaired) electrons. The number of rotatable bonds is 6. The number of carbonyl (C=O) groups excluding carboxylic acids is 1. The molecule has 0 fully saturated rings. The Morgan fingerprint density at radius 2 is 2.08 bits per heavy atom. The Labute approximate surface area is 156 Å². The van der Waals surface area contributed by atoms with E-state index in [2.05, 4.69) is 27.3 Å². The van der Waals surface area contributed by atoms with Crippen LogP contribution in [0.15, 0.2) is 46.9 Å². The highest BCUT2D eigenvalue weighted by Crippen LogP contribution is 2.24. The normalized spacial score (nSPS) is 11.7. The lowest BCUT2D eigenvalue weighted by molar-refractivity contribution is -0.120. The van der Waals surface area contributed by atoms with E-state index in [9.17, 15) is 4.79 Å². The van der Waals surface area contributed by atoms with Crippen LogP contribution in [0.1, 0.15) is 18.1 Å². The Morgan fingerprint density at radius 1 is 1.36 bits per heavy atom. The molecule has 0 spiro atoms. The van der Waals surface area contributed by atoms with Gasteiger partial charge in [-0.25, -0.2) is 0 Å². The Morgan fingerprint density at radius 3 is 2.76 bits per heavy atom. The monoisotopic (exact) mass is 401 g/mol. The van der Waals surface area contributed by atoms with Crippen molar-refractivity contribution in [3.63, 3.8) is 0 Å². The molecule has 2 rings (SSSR count). The molecular weight excluding hydrogens is 382 g/mol. The van der Waals surface area contributed by atoms with Gasteiger partial charge in [-0.3, -0.25) is 9.69 Å². The van der Waals surface area contributed by atoms with Gasteiger partial charge in [0.2, 0.25) is 5.91 Å². The van der Waals surface area contributed by atoms with Gasteiger partial charge >= 0.3 is 0 Å². The van der Waals surface area contributed by atoms with Crippen molar-refractivity contribution < 1.29 is 9.53 Å². The Bertz CT molecular complexity index is 801. The number of nitriles is 1. The predicted octanol–water partition coefficient (Wildman–Crippen LogP) is 3.79. The Kier molecular flexibility index (Phi) is 6.57. The minimum absolute atomic E-state index is 0.167. The van der Waals surface area contributed by atoms with Gasteiger partial charge in [0.1, 0.15) is 11.8 Å². The van der Waals surface area contributed by atoms with Gasteiger partial charge in [-0.15, -0.1) is 0 Å². The average molecular weight is 402 g/mol. The summed E-state index contributed by atoms with van der Waals surface area (Å²) in [5, 5.41) is 12.0. The number of hydrogen-bond donors (Lipinski definition) is 1. The molecule has 6 heteroatoms. The maximum atomic E-state index is 12.5. The van der Waals surface area contributed by atoms with E-state index in [1.54, 1.807) is 31.4 Å². The Balaban J connectivity index is 2.09. The average Bonchev–Trinajstić information content (AvgIpc) is 2.61. The summed E-state index contributed by atoms with van der Waals surface area (Å²) >= 11 is 3.46. The van der Waals surface area contributed by atoms with Gasteiger partial charge in [-0.2, -0.15) is 5.26 Å². The fraction of sp³-hybridized carbons (Fsp3) is 0.263. The first-order chi connectivity index (χ1) is 12.0. The fourth-order valence-corrected chi connectivity index (χ4v) is 2.81. The minimum Gasteiger partial charge on any atom is -0.496 e. The summed E-state index contributed by atoms with van der Waals surface area (Å²) in [6.45, 7) is 2.38. The van der Waals surface area contributed by atoms with E-state index in [1.807, 2.05) is 37.1 Å². The van der Waals surface area contributed by atoms with Gasteiger partial charge < -0.3 is 10.1 Å². The molecule has 2 aromatic rings. The van der Waals surface area contributed by atoms with Crippen LogP contribution in [-0.4, -0.2) is 31.0 Å². The topological polar surface area (TPSA) is 65.4 Å². The molecule has 0 saturated heterocycles. The zero-order valence-corrected chi connectivity index (χ0v) is 16.0. The number of anilines is 1. The third-order valence-corrected chi connectivity index (χ3v) is 4.50. The van der Waals surface area contributed by atoms with Crippen LogP contribution in [0.4, 0.5) is 5.69 Å². The first-order valence-corrected chi connectivity index (χ1v) is 8.58. The fourth-order valence-electron chi connectivity index (χ4n) is 2.40. The summed E-state index contributed by atoms with van der Waals surface area (Å²) in [6.07, 6.45) is 0. The molecule has 1 atom stereocenters. The largest absolute Gasteiger partial charge is 0.496 e. The number of nitrogens with one attached hydrogen (secondary N) is 1. The molecule has 25 heavy (non-hydrogen) atoms. The van der Waals surface area contributed by atoms with Gasteiger partial charge in [0.25, 0.3) is 0 Å².